The van der Waals surface area contributed by atoms with Crippen LogP contribution in [-0.4, -0.2) is 54.9 Å². The molecule has 0 bridgehead atoms. The van der Waals surface area contributed by atoms with Gasteiger partial charge in [-0.15, -0.1) is 0 Å². The molecule has 0 aromatic heterocycles. The van der Waals surface area contributed by atoms with Gasteiger partial charge in [0.1, 0.15) is 0 Å². The van der Waals surface area contributed by atoms with E-state index in [1.54, 1.807) is 7.11 Å². The molecule has 1 aliphatic heterocycles. The summed E-state index contributed by atoms with van der Waals surface area (Å²) in [7, 11) is 1.71. The number of carbonyl (C=O) groups excluding carboxylic acids is 1. The minimum Gasteiger partial charge on any atom is -0.388 e. The zero-order valence-electron chi connectivity index (χ0n) is 16.3. The van der Waals surface area contributed by atoms with Crippen LogP contribution in [0.3, 0.4) is 0 Å². The van der Waals surface area contributed by atoms with E-state index in [9.17, 15) is 9.90 Å². The topological polar surface area (TPSA) is 61.8 Å². The Morgan fingerprint density at radius 1 is 1.26 bits per heavy atom. The van der Waals surface area contributed by atoms with Crippen molar-refractivity contribution in [2.45, 2.75) is 50.2 Å². The second-order valence-electron chi connectivity index (χ2n) is 8.48. The Hall–Kier alpha value is -1.43. The molecular weight excluding hydrogens is 340 g/mol. The van der Waals surface area contributed by atoms with E-state index in [0.29, 0.717) is 31.5 Å². The molecule has 4 rings (SSSR count). The number of methoxy groups -OCH3 is 1. The van der Waals surface area contributed by atoms with Gasteiger partial charge in [0.15, 0.2) is 0 Å². The number of hydrogen-bond donors (Lipinski definition) is 2. The molecular formula is C22H32N2O3. The minimum atomic E-state index is -0.593. The number of nitrogens with zero attached hydrogens (tertiary/aromatic N) is 1. The van der Waals surface area contributed by atoms with Gasteiger partial charge in [0, 0.05) is 26.8 Å². The van der Waals surface area contributed by atoms with Crippen molar-refractivity contribution in [3.63, 3.8) is 0 Å². The molecule has 1 amide bonds. The number of rotatable bonds is 9. The normalized spacial score (nSPS) is 22.6. The van der Waals surface area contributed by atoms with Crippen molar-refractivity contribution in [3.05, 3.63) is 35.4 Å². The Labute approximate surface area is 162 Å². The standard InChI is InChI=1S/C22H32N2O3/c1-27-13-11-20-19-5-3-2-4-16(19)10-12-24(20)21(25)14-23-15-22(26,17-6-7-17)18-8-9-18/h2-5,17-18,20,23,26H,6-15H2,1H3. The van der Waals surface area contributed by atoms with Crippen LogP contribution in [0.1, 0.15) is 49.3 Å². The van der Waals surface area contributed by atoms with Gasteiger partial charge >= 0.3 is 0 Å². The van der Waals surface area contributed by atoms with E-state index in [-0.39, 0.29) is 11.9 Å². The van der Waals surface area contributed by atoms with E-state index >= 15 is 0 Å². The monoisotopic (exact) mass is 372 g/mol. The highest BCUT2D eigenvalue weighted by Crippen LogP contribution is 2.51. The zero-order valence-corrected chi connectivity index (χ0v) is 16.3. The number of ether oxygens (including phenoxy) is 1. The van der Waals surface area contributed by atoms with E-state index < -0.39 is 5.60 Å². The van der Waals surface area contributed by atoms with Crippen molar-refractivity contribution in [3.8, 4) is 0 Å². The summed E-state index contributed by atoms with van der Waals surface area (Å²) in [5, 5.41) is 14.3. The first kappa shape index (κ1) is 18.9. The molecule has 5 heteroatoms. The number of carbonyl (C=O) groups is 1. The summed E-state index contributed by atoms with van der Waals surface area (Å²) in [6.07, 6.45) is 6.23. The van der Waals surface area contributed by atoms with Crippen LogP contribution < -0.4 is 5.32 Å². The Morgan fingerprint density at radius 2 is 1.96 bits per heavy atom. The summed E-state index contributed by atoms with van der Waals surface area (Å²) in [5.74, 6) is 0.993. The van der Waals surface area contributed by atoms with Crippen molar-refractivity contribution >= 4 is 5.91 Å². The average Bonchev–Trinajstić information content (AvgIpc) is 3.58. The highest BCUT2D eigenvalue weighted by molar-refractivity contribution is 5.79. The molecule has 1 unspecified atom stereocenters. The largest absolute Gasteiger partial charge is 0.388 e. The lowest BCUT2D eigenvalue weighted by atomic mass is 9.90. The lowest BCUT2D eigenvalue weighted by Crippen LogP contribution is -2.49. The van der Waals surface area contributed by atoms with Crippen LogP contribution in [0.4, 0.5) is 0 Å². The predicted molar refractivity (Wildman–Crippen MR) is 104 cm³/mol. The van der Waals surface area contributed by atoms with E-state index in [1.807, 2.05) is 4.90 Å². The summed E-state index contributed by atoms with van der Waals surface area (Å²) < 4.78 is 5.29. The molecule has 1 heterocycles. The SMILES string of the molecule is COCCC1c2ccccc2CCN1C(=O)CNCC(O)(C1CC1)C1CC1. The molecule has 2 aliphatic carbocycles. The molecule has 148 valence electrons. The van der Waals surface area contributed by atoms with Gasteiger partial charge in [-0.1, -0.05) is 24.3 Å². The fourth-order valence-electron chi connectivity index (χ4n) is 4.75. The first-order chi connectivity index (χ1) is 13.1. The van der Waals surface area contributed by atoms with E-state index in [0.717, 1.165) is 45.1 Å². The third kappa shape index (κ3) is 4.05. The Kier molecular flexibility index (Phi) is 5.53. The van der Waals surface area contributed by atoms with E-state index in [2.05, 4.69) is 29.6 Å². The summed E-state index contributed by atoms with van der Waals surface area (Å²) in [6, 6.07) is 8.51. The number of hydrogen-bond acceptors (Lipinski definition) is 4. The summed E-state index contributed by atoms with van der Waals surface area (Å²) in [4.78, 5) is 15.0. The minimum absolute atomic E-state index is 0.0787. The van der Waals surface area contributed by atoms with Gasteiger partial charge in [-0.05, 0) is 61.5 Å². The number of aliphatic hydroxyl groups is 1. The lowest BCUT2D eigenvalue weighted by Gasteiger charge is -2.38. The smallest absolute Gasteiger partial charge is 0.237 e. The van der Waals surface area contributed by atoms with Crippen molar-refractivity contribution in [1.82, 2.24) is 10.2 Å². The Balaban J connectivity index is 1.38. The van der Waals surface area contributed by atoms with Gasteiger partial charge in [-0.3, -0.25) is 4.79 Å². The fraction of sp³-hybridized carbons (Fsp3) is 0.682. The molecule has 27 heavy (non-hydrogen) atoms. The van der Waals surface area contributed by atoms with Crippen LogP contribution in [-0.2, 0) is 16.0 Å². The highest BCUT2D eigenvalue weighted by atomic mass is 16.5. The molecule has 1 aromatic carbocycles. The molecule has 2 N–H and O–H groups in total. The Morgan fingerprint density at radius 3 is 2.63 bits per heavy atom. The average molecular weight is 373 g/mol. The van der Waals surface area contributed by atoms with Crippen LogP contribution in [0, 0.1) is 11.8 Å². The van der Waals surface area contributed by atoms with Gasteiger partial charge in [0.2, 0.25) is 5.91 Å². The molecule has 2 saturated carbocycles. The number of fused-ring (bicyclic) bond motifs is 1. The first-order valence-corrected chi connectivity index (χ1v) is 10.4. The third-order valence-electron chi connectivity index (χ3n) is 6.58. The van der Waals surface area contributed by atoms with Gasteiger partial charge < -0.3 is 20.1 Å². The van der Waals surface area contributed by atoms with Crippen LogP contribution in [0.5, 0.6) is 0 Å². The van der Waals surface area contributed by atoms with E-state index in [4.69, 9.17) is 4.74 Å². The number of nitrogens with one attached hydrogen (secondary N) is 1. The predicted octanol–water partition coefficient (Wildman–Crippen LogP) is 2.29. The summed E-state index contributed by atoms with van der Waals surface area (Å²) >= 11 is 0. The third-order valence-corrected chi connectivity index (χ3v) is 6.58. The maximum absolute atomic E-state index is 13.0. The lowest BCUT2D eigenvalue weighted by molar-refractivity contribution is -0.133. The summed E-state index contributed by atoms with van der Waals surface area (Å²) in [6.45, 7) is 2.23. The van der Waals surface area contributed by atoms with Crippen LogP contribution in [0.2, 0.25) is 0 Å². The molecule has 0 radical (unpaired) electrons. The maximum atomic E-state index is 13.0. The number of benzene rings is 1. The first-order valence-electron chi connectivity index (χ1n) is 10.4. The second kappa shape index (κ2) is 7.90. The van der Waals surface area contributed by atoms with Crippen molar-refractivity contribution in [2.24, 2.45) is 11.8 Å². The van der Waals surface area contributed by atoms with Crippen molar-refractivity contribution < 1.29 is 14.6 Å². The van der Waals surface area contributed by atoms with Gasteiger partial charge in [-0.2, -0.15) is 0 Å². The van der Waals surface area contributed by atoms with Crippen LogP contribution in [0.25, 0.3) is 0 Å². The maximum Gasteiger partial charge on any atom is 0.237 e. The quantitative estimate of drug-likeness (QED) is 0.698. The Bertz CT molecular complexity index is 657. The van der Waals surface area contributed by atoms with Crippen molar-refractivity contribution in [2.75, 3.05) is 33.4 Å². The number of amides is 1. The molecule has 3 aliphatic rings. The van der Waals surface area contributed by atoms with Gasteiger partial charge in [0.25, 0.3) is 0 Å². The van der Waals surface area contributed by atoms with Crippen molar-refractivity contribution in [1.29, 1.82) is 0 Å². The van der Waals surface area contributed by atoms with Crippen LogP contribution in [0.15, 0.2) is 24.3 Å². The van der Waals surface area contributed by atoms with Gasteiger partial charge in [-0.25, -0.2) is 0 Å². The molecule has 1 atom stereocenters. The second-order valence-corrected chi connectivity index (χ2v) is 8.48. The molecule has 1 aromatic rings. The van der Waals surface area contributed by atoms with Gasteiger partial charge in [0.05, 0.1) is 18.2 Å². The molecule has 5 nitrogen and oxygen atoms in total. The molecule has 0 saturated heterocycles. The van der Waals surface area contributed by atoms with Crippen LogP contribution >= 0.6 is 0 Å². The molecule has 2 fully saturated rings. The summed E-state index contributed by atoms with van der Waals surface area (Å²) in [5.41, 5.74) is 2.00. The fourth-order valence-corrected chi connectivity index (χ4v) is 4.75. The molecule has 0 spiro atoms. The zero-order chi connectivity index (χ0) is 18.9. The van der Waals surface area contributed by atoms with E-state index in [1.165, 1.54) is 11.1 Å². The highest BCUT2D eigenvalue weighted by Gasteiger charge is 2.52.